The molecule has 0 atom stereocenters. The van der Waals surface area contributed by atoms with Gasteiger partial charge in [0, 0.05) is 23.2 Å². The quantitative estimate of drug-likeness (QED) is 0.845. The van der Waals surface area contributed by atoms with Crippen LogP contribution in [0.2, 0.25) is 0 Å². The third-order valence-corrected chi connectivity index (χ3v) is 3.80. The SMILES string of the molecule is CS(=O)(=O)c1cccc(NC(=O)c2ccc(N)cc2)c1. The molecular formula is C14H14N2O3S. The van der Waals surface area contributed by atoms with Crippen LogP contribution in [0.4, 0.5) is 11.4 Å². The van der Waals surface area contributed by atoms with E-state index in [1.165, 1.54) is 12.1 Å². The Morgan fingerprint density at radius 2 is 1.75 bits per heavy atom. The number of rotatable bonds is 3. The summed E-state index contributed by atoms with van der Waals surface area (Å²) < 4.78 is 22.9. The first-order valence-electron chi connectivity index (χ1n) is 5.83. The van der Waals surface area contributed by atoms with Crippen LogP contribution in [0, 0.1) is 0 Å². The summed E-state index contributed by atoms with van der Waals surface area (Å²) in [7, 11) is -3.30. The van der Waals surface area contributed by atoms with Crippen LogP contribution >= 0.6 is 0 Å². The molecule has 2 rings (SSSR count). The van der Waals surface area contributed by atoms with E-state index < -0.39 is 9.84 Å². The molecule has 1 amide bonds. The predicted molar refractivity (Wildman–Crippen MR) is 78.4 cm³/mol. The van der Waals surface area contributed by atoms with Crippen molar-refractivity contribution in [3.05, 3.63) is 54.1 Å². The molecule has 0 heterocycles. The number of benzene rings is 2. The van der Waals surface area contributed by atoms with Crippen LogP contribution in [-0.4, -0.2) is 20.6 Å². The van der Waals surface area contributed by atoms with Crippen LogP contribution in [0.3, 0.4) is 0 Å². The van der Waals surface area contributed by atoms with Gasteiger partial charge in [0.05, 0.1) is 4.90 Å². The number of hydrogen-bond donors (Lipinski definition) is 2. The molecule has 0 aliphatic heterocycles. The lowest BCUT2D eigenvalue weighted by Crippen LogP contribution is -2.12. The highest BCUT2D eigenvalue weighted by atomic mass is 32.2. The first kappa shape index (κ1) is 14.1. The van der Waals surface area contributed by atoms with Gasteiger partial charge in [0.25, 0.3) is 5.91 Å². The van der Waals surface area contributed by atoms with E-state index in [-0.39, 0.29) is 10.8 Å². The van der Waals surface area contributed by atoms with Crippen molar-refractivity contribution in [2.75, 3.05) is 17.3 Å². The molecular weight excluding hydrogens is 276 g/mol. The minimum Gasteiger partial charge on any atom is -0.399 e. The Bertz CT molecular complexity index is 737. The van der Waals surface area contributed by atoms with Crippen LogP contribution in [0.25, 0.3) is 0 Å². The van der Waals surface area contributed by atoms with Crippen molar-refractivity contribution < 1.29 is 13.2 Å². The molecule has 6 heteroatoms. The number of anilines is 2. The van der Waals surface area contributed by atoms with E-state index in [1.54, 1.807) is 36.4 Å². The van der Waals surface area contributed by atoms with Gasteiger partial charge in [-0.2, -0.15) is 0 Å². The Morgan fingerprint density at radius 1 is 1.10 bits per heavy atom. The third kappa shape index (κ3) is 3.36. The Labute approximate surface area is 117 Å². The molecule has 5 nitrogen and oxygen atoms in total. The summed E-state index contributed by atoms with van der Waals surface area (Å²) in [5, 5.41) is 2.65. The van der Waals surface area contributed by atoms with Crippen molar-refractivity contribution in [1.29, 1.82) is 0 Å². The molecule has 0 unspecified atom stereocenters. The van der Waals surface area contributed by atoms with E-state index in [2.05, 4.69) is 5.32 Å². The second-order valence-corrected chi connectivity index (χ2v) is 6.39. The molecule has 104 valence electrons. The number of amides is 1. The highest BCUT2D eigenvalue weighted by molar-refractivity contribution is 7.90. The van der Waals surface area contributed by atoms with Gasteiger partial charge in [-0.15, -0.1) is 0 Å². The van der Waals surface area contributed by atoms with Crippen molar-refractivity contribution in [3.8, 4) is 0 Å². The summed E-state index contributed by atoms with van der Waals surface area (Å²) in [5.41, 5.74) is 6.99. The molecule has 0 aromatic heterocycles. The molecule has 0 bridgehead atoms. The maximum Gasteiger partial charge on any atom is 0.255 e. The van der Waals surface area contributed by atoms with Gasteiger partial charge in [0.15, 0.2) is 9.84 Å². The summed E-state index contributed by atoms with van der Waals surface area (Å²) in [6.07, 6.45) is 1.12. The minimum atomic E-state index is -3.30. The van der Waals surface area contributed by atoms with Crippen molar-refractivity contribution in [3.63, 3.8) is 0 Å². The van der Waals surface area contributed by atoms with Gasteiger partial charge in [-0.05, 0) is 42.5 Å². The number of nitrogen functional groups attached to an aromatic ring is 1. The highest BCUT2D eigenvalue weighted by Gasteiger charge is 2.10. The molecule has 3 N–H and O–H groups in total. The summed E-state index contributed by atoms with van der Waals surface area (Å²) in [6.45, 7) is 0. The van der Waals surface area contributed by atoms with Crippen LogP contribution < -0.4 is 11.1 Å². The van der Waals surface area contributed by atoms with Crippen LogP contribution in [0.15, 0.2) is 53.4 Å². The lowest BCUT2D eigenvalue weighted by molar-refractivity contribution is 0.102. The summed E-state index contributed by atoms with van der Waals surface area (Å²) in [6, 6.07) is 12.6. The summed E-state index contributed by atoms with van der Waals surface area (Å²) in [5.74, 6) is -0.323. The van der Waals surface area contributed by atoms with Crippen molar-refractivity contribution in [2.45, 2.75) is 4.90 Å². The van der Waals surface area contributed by atoms with Gasteiger partial charge >= 0.3 is 0 Å². The van der Waals surface area contributed by atoms with Crippen LogP contribution in [-0.2, 0) is 9.84 Å². The second kappa shape index (κ2) is 5.34. The molecule has 0 aliphatic carbocycles. The zero-order valence-electron chi connectivity index (χ0n) is 10.8. The van der Waals surface area contributed by atoms with Gasteiger partial charge in [-0.3, -0.25) is 4.79 Å². The number of carbonyl (C=O) groups is 1. The molecule has 0 fully saturated rings. The first-order chi connectivity index (χ1) is 9.36. The van der Waals surface area contributed by atoms with Crippen molar-refractivity contribution in [1.82, 2.24) is 0 Å². The Morgan fingerprint density at radius 3 is 2.35 bits per heavy atom. The normalized spacial score (nSPS) is 11.1. The van der Waals surface area contributed by atoms with Crippen LogP contribution in [0.1, 0.15) is 10.4 Å². The smallest absolute Gasteiger partial charge is 0.255 e. The molecule has 0 aliphatic rings. The van der Waals surface area contributed by atoms with Gasteiger partial charge in [-0.1, -0.05) is 6.07 Å². The lowest BCUT2D eigenvalue weighted by atomic mass is 10.2. The van der Waals surface area contributed by atoms with E-state index >= 15 is 0 Å². The van der Waals surface area contributed by atoms with Gasteiger partial charge < -0.3 is 11.1 Å². The third-order valence-electron chi connectivity index (χ3n) is 2.69. The average molecular weight is 290 g/mol. The molecule has 2 aromatic carbocycles. The maximum absolute atomic E-state index is 12.0. The van der Waals surface area contributed by atoms with Gasteiger partial charge in [0.1, 0.15) is 0 Å². The Kier molecular flexibility index (Phi) is 3.76. The van der Waals surface area contributed by atoms with E-state index in [0.29, 0.717) is 16.9 Å². The van der Waals surface area contributed by atoms with E-state index in [9.17, 15) is 13.2 Å². The molecule has 0 saturated carbocycles. The van der Waals surface area contributed by atoms with E-state index in [4.69, 9.17) is 5.73 Å². The lowest BCUT2D eigenvalue weighted by Gasteiger charge is -2.07. The maximum atomic E-state index is 12.0. The van der Waals surface area contributed by atoms with E-state index in [1.807, 2.05) is 0 Å². The fourth-order valence-corrected chi connectivity index (χ4v) is 2.31. The van der Waals surface area contributed by atoms with Crippen molar-refractivity contribution in [2.24, 2.45) is 0 Å². The Hall–Kier alpha value is -2.34. The molecule has 0 radical (unpaired) electrons. The molecule has 0 saturated heterocycles. The Balaban J connectivity index is 2.22. The molecule has 2 aromatic rings. The number of nitrogens with two attached hydrogens (primary N) is 1. The van der Waals surface area contributed by atoms with Crippen LogP contribution in [0.5, 0.6) is 0 Å². The highest BCUT2D eigenvalue weighted by Crippen LogP contribution is 2.16. The van der Waals surface area contributed by atoms with Gasteiger partial charge in [0.2, 0.25) is 0 Å². The number of carbonyl (C=O) groups excluding carboxylic acids is 1. The monoisotopic (exact) mass is 290 g/mol. The standard InChI is InChI=1S/C14H14N2O3S/c1-20(18,19)13-4-2-3-12(9-13)16-14(17)10-5-7-11(15)8-6-10/h2-9H,15H2,1H3,(H,16,17). The first-order valence-corrected chi connectivity index (χ1v) is 7.72. The zero-order valence-corrected chi connectivity index (χ0v) is 11.6. The predicted octanol–water partition coefficient (Wildman–Crippen LogP) is 1.92. The summed E-state index contributed by atoms with van der Waals surface area (Å²) >= 11 is 0. The fourth-order valence-electron chi connectivity index (χ4n) is 1.64. The average Bonchev–Trinajstić information content (AvgIpc) is 2.38. The molecule has 0 spiro atoms. The second-order valence-electron chi connectivity index (χ2n) is 4.38. The van der Waals surface area contributed by atoms with Gasteiger partial charge in [-0.25, -0.2) is 8.42 Å². The number of sulfone groups is 1. The zero-order chi connectivity index (χ0) is 14.8. The summed E-state index contributed by atoms with van der Waals surface area (Å²) in [4.78, 5) is 12.1. The largest absolute Gasteiger partial charge is 0.399 e. The minimum absolute atomic E-state index is 0.160. The topological polar surface area (TPSA) is 89.3 Å². The number of nitrogens with one attached hydrogen (secondary N) is 1. The van der Waals surface area contributed by atoms with E-state index in [0.717, 1.165) is 6.26 Å². The number of hydrogen-bond acceptors (Lipinski definition) is 4. The molecule has 20 heavy (non-hydrogen) atoms. The van der Waals surface area contributed by atoms with Crippen molar-refractivity contribution >= 4 is 27.1 Å². The fraction of sp³-hybridized carbons (Fsp3) is 0.0714.